The number of benzene rings is 1. The van der Waals surface area contributed by atoms with E-state index in [0.29, 0.717) is 17.5 Å². The van der Waals surface area contributed by atoms with Crippen LogP contribution in [0.4, 0.5) is 0 Å². The van der Waals surface area contributed by atoms with Crippen LogP contribution in [0.5, 0.6) is 11.5 Å². The number of hydrogen-bond donors (Lipinski definition) is 1. The summed E-state index contributed by atoms with van der Waals surface area (Å²) in [5.41, 5.74) is 0. The number of aromatic nitrogens is 2. The quantitative estimate of drug-likeness (QED) is 0.893. The normalized spacial score (nSPS) is 10.4. The lowest BCUT2D eigenvalue weighted by atomic mass is 10.3. The van der Waals surface area contributed by atoms with Gasteiger partial charge in [-0.15, -0.1) is 0 Å². The molecule has 0 aliphatic heterocycles. The molecule has 2 rings (SSSR count). The van der Waals surface area contributed by atoms with Gasteiger partial charge in [0.2, 0.25) is 0 Å². The summed E-state index contributed by atoms with van der Waals surface area (Å²) in [6.45, 7) is 0.312. The van der Waals surface area contributed by atoms with Gasteiger partial charge in [0.05, 0.1) is 6.20 Å². The third kappa shape index (κ3) is 2.28. The van der Waals surface area contributed by atoms with Crippen molar-refractivity contribution < 1.29 is 9.84 Å². The summed E-state index contributed by atoms with van der Waals surface area (Å²) in [7, 11) is 1.82. The average molecular weight is 239 g/mol. The van der Waals surface area contributed by atoms with Crippen LogP contribution in [0.2, 0.25) is 5.15 Å². The van der Waals surface area contributed by atoms with E-state index in [2.05, 4.69) is 4.98 Å². The number of phenols is 1. The van der Waals surface area contributed by atoms with E-state index in [0.717, 1.165) is 5.82 Å². The summed E-state index contributed by atoms with van der Waals surface area (Å²) >= 11 is 5.84. The Bertz CT molecular complexity index is 496. The van der Waals surface area contributed by atoms with Gasteiger partial charge in [-0.3, -0.25) is 0 Å². The van der Waals surface area contributed by atoms with Crippen molar-refractivity contribution in [3.8, 4) is 11.5 Å². The summed E-state index contributed by atoms with van der Waals surface area (Å²) in [5, 5.41) is 9.81. The van der Waals surface area contributed by atoms with E-state index in [4.69, 9.17) is 16.3 Å². The molecule has 0 spiro atoms. The molecule has 5 heteroatoms. The number of rotatable bonds is 3. The van der Waals surface area contributed by atoms with E-state index in [1.165, 1.54) is 0 Å². The molecule has 1 heterocycles. The molecule has 1 N–H and O–H groups in total. The first kappa shape index (κ1) is 10.8. The van der Waals surface area contributed by atoms with Crippen molar-refractivity contribution >= 4 is 11.6 Å². The molecule has 1 aromatic carbocycles. The van der Waals surface area contributed by atoms with E-state index >= 15 is 0 Å². The molecule has 0 saturated heterocycles. The Morgan fingerprint density at radius 2 is 2.31 bits per heavy atom. The fourth-order valence-electron chi connectivity index (χ4n) is 1.28. The van der Waals surface area contributed by atoms with Gasteiger partial charge in [-0.2, -0.15) is 0 Å². The minimum absolute atomic E-state index is 0.176. The SMILES string of the molecule is Cn1c(Cl)cnc1COc1cccc(O)c1. The highest BCUT2D eigenvalue weighted by atomic mass is 35.5. The van der Waals surface area contributed by atoms with Crippen LogP contribution in [0.3, 0.4) is 0 Å². The summed E-state index contributed by atoms with van der Waals surface area (Å²) in [6, 6.07) is 6.62. The van der Waals surface area contributed by atoms with Crippen molar-refractivity contribution in [2.24, 2.45) is 7.05 Å². The predicted octanol–water partition coefficient (Wildman–Crippen LogP) is 2.36. The summed E-state index contributed by atoms with van der Waals surface area (Å²) in [5.74, 6) is 1.50. The highest BCUT2D eigenvalue weighted by molar-refractivity contribution is 6.29. The molecular weight excluding hydrogens is 228 g/mol. The van der Waals surface area contributed by atoms with Gasteiger partial charge >= 0.3 is 0 Å². The van der Waals surface area contributed by atoms with Crippen LogP contribution in [0.25, 0.3) is 0 Å². The van der Waals surface area contributed by atoms with E-state index in [1.807, 2.05) is 7.05 Å². The first-order chi connectivity index (χ1) is 7.66. The van der Waals surface area contributed by atoms with Gasteiger partial charge in [-0.1, -0.05) is 17.7 Å². The molecule has 2 aromatic rings. The molecule has 0 saturated carbocycles. The third-order valence-electron chi connectivity index (χ3n) is 2.21. The van der Waals surface area contributed by atoms with Crippen molar-refractivity contribution in [1.29, 1.82) is 0 Å². The molecule has 16 heavy (non-hydrogen) atoms. The fourth-order valence-corrected chi connectivity index (χ4v) is 1.43. The second-order valence-corrected chi connectivity index (χ2v) is 3.73. The Morgan fingerprint density at radius 1 is 1.50 bits per heavy atom. The molecule has 0 fully saturated rings. The summed E-state index contributed by atoms with van der Waals surface area (Å²) in [4.78, 5) is 4.10. The lowest BCUT2D eigenvalue weighted by molar-refractivity contribution is 0.290. The zero-order chi connectivity index (χ0) is 11.5. The topological polar surface area (TPSA) is 47.3 Å². The molecule has 84 valence electrons. The predicted molar refractivity (Wildman–Crippen MR) is 60.7 cm³/mol. The van der Waals surface area contributed by atoms with Crippen LogP contribution in [0.1, 0.15) is 5.82 Å². The number of imidazole rings is 1. The largest absolute Gasteiger partial charge is 0.508 e. The maximum absolute atomic E-state index is 9.25. The summed E-state index contributed by atoms with van der Waals surface area (Å²) in [6.07, 6.45) is 1.57. The maximum Gasteiger partial charge on any atom is 0.147 e. The van der Waals surface area contributed by atoms with Crippen LogP contribution in [0, 0.1) is 0 Å². The van der Waals surface area contributed by atoms with Crippen molar-refractivity contribution in [3.05, 3.63) is 41.4 Å². The molecule has 0 aliphatic carbocycles. The number of nitrogens with zero attached hydrogens (tertiary/aromatic N) is 2. The number of ether oxygens (including phenoxy) is 1. The smallest absolute Gasteiger partial charge is 0.147 e. The van der Waals surface area contributed by atoms with E-state index < -0.39 is 0 Å². The van der Waals surface area contributed by atoms with Crippen molar-refractivity contribution in [3.63, 3.8) is 0 Å². The molecule has 0 bridgehead atoms. The van der Waals surface area contributed by atoms with E-state index in [9.17, 15) is 5.11 Å². The Morgan fingerprint density at radius 3 is 2.94 bits per heavy atom. The van der Waals surface area contributed by atoms with Crippen molar-refractivity contribution in [1.82, 2.24) is 9.55 Å². The average Bonchev–Trinajstić information content (AvgIpc) is 2.57. The highest BCUT2D eigenvalue weighted by Crippen LogP contribution is 2.19. The molecule has 0 amide bonds. The first-order valence-electron chi connectivity index (χ1n) is 4.75. The van der Waals surface area contributed by atoms with Gasteiger partial charge in [-0.25, -0.2) is 4.98 Å². The molecular formula is C11H11ClN2O2. The minimum Gasteiger partial charge on any atom is -0.508 e. The Hall–Kier alpha value is -1.68. The van der Waals surface area contributed by atoms with E-state index in [1.54, 1.807) is 35.0 Å². The number of hydrogen-bond acceptors (Lipinski definition) is 3. The monoisotopic (exact) mass is 238 g/mol. The summed E-state index contributed by atoms with van der Waals surface area (Å²) < 4.78 is 7.21. The lowest BCUT2D eigenvalue weighted by Crippen LogP contribution is -2.03. The van der Waals surface area contributed by atoms with Crippen molar-refractivity contribution in [2.45, 2.75) is 6.61 Å². The molecule has 0 radical (unpaired) electrons. The second-order valence-electron chi connectivity index (χ2n) is 3.34. The Labute approximate surface area is 98.1 Å². The van der Waals surface area contributed by atoms with Gasteiger partial charge < -0.3 is 14.4 Å². The lowest BCUT2D eigenvalue weighted by Gasteiger charge is -2.06. The van der Waals surface area contributed by atoms with Crippen LogP contribution in [0.15, 0.2) is 30.5 Å². The first-order valence-corrected chi connectivity index (χ1v) is 5.12. The standard InChI is InChI=1S/C11H11ClN2O2/c1-14-10(12)6-13-11(14)7-16-9-4-2-3-8(15)5-9/h2-6,15H,7H2,1H3. The van der Waals surface area contributed by atoms with Crippen molar-refractivity contribution in [2.75, 3.05) is 0 Å². The molecule has 0 aliphatic rings. The molecule has 0 atom stereocenters. The maximum atomic E-state index is 9.25. The van der Waals surface area contributed by atoms with Gasteiger partial charge in [0, 0.05) is 13.1 Å². The van der Waals surface area contributed by atoms with E-state index in [-0.39, 0.29) is 5.75 Å². The molecule has 4 nitrogen and oxygen atoms in total. The zero-order valence-electron chi connectivity index (χ0n) is 8.72. The van der Waals surface area contributed by atoms with Crippen LogP contribution >= 0.6 is 11.6 Å². The Kier molecular flexibility index (Phi) is 3.01. The van der Waals surface area contributed by atoms with Crippen LogP contribution in [-0.4, -0.2) is 14.7 Å². The number of aromatic hydroxyl groups is 1. The molecule has 1 aromatic heterocycles. The molecule has 0 unspecified atom stereocenters. The van der Waals surface area contributed by atoms with Gasteiger partial charge in [0.15, 0.2) is 0 Å². The van der Waals surface area contributed by atoms with Gasteiger partial charge in [0.25, 0.3) is 0 Å². The second kappa shape index (κ2) is 4.45. The van der Waals surface area contributed by atoms with Gasteiger partial charge in [-0.05, 0) is 12.1 Å². The highest BCUT2D eigenvalue weighted by Gasteiger charge is 2.05. The van der Waals surface area contributed by atoms with Gasteiger partial charge in [0.1, 0.15) is 29.1 Å². The van der Waals surface area contributed by atoms with Crippen LogP contribution < -0.4 is 4.74 Å². The van der Waals surface area contributed by atoms with Crippen LogP contribution in [-0.2, 0) is 13.7 Å². The number of phenolic OH excluding ortho intramolecular Hbond substituents is 1. The third-order valence-corrected chi connectivity index (χ3v) is 2.56. The minimum atomic E-state index is 0.176. The fraction of sp³-hybridized carbons (Fsp3) is 0.182. The zero-order valence-corrected chi connectivity index (χ0v) is 9.48. The Balaban J connectivity index is 2.05. The number of halogens is 1.